The third-order valence-corrected chi connectivity index (χ3v) is 4.31. The second-order valence-corrected chi connectivity index (χ2v) is 5.59. The molecule has 1 aromatic carbocycles. The standard InChI is InChI=1S/C14H20N2/c1-16(2)10-3-4-11-12(9-10)14(7-8-14)6-5-13(11)15/h3-4,9,13H,5-8,15H2,1-2H3. The van der Waals surface area contributed by atoms with Crippen molar-refractivity contribution in [2.45, 2.75) is 37.1 Å². The summed E-state index contributed by atoms with van der Waals surface area (Å²) in [5.74, 6) is 0. The first-order valence-corrected chi connectivity index (χ1v) is 6.20. The van der Waals surface area contributed by atoms with Gasteiger partial charge in [0.1, 0.15) is 0 Å². The SMILES string of the molecule is CN(C)c1ccc2c(c1)C1(CCC2N)CC1. The van der Waals surface area contributed by atoms with Gasteiger partial charge in [0.2, 0.25) is 0 Å². The number of rotatable bonds is 1. The molecule has 2 aliphatic rings. The van der Waals surface area contributed by atoms with Crippen molar-refractivity contribution in [1.29, 1.82) is 0 Å². The minimum Gasteiger partial charge on any atom is -0.378 e. The highest BCUT2D eigenvalue weighted by molar-refractivity contribution is 5.55. The first-order valence-electron chi connectivity index (χ1n) is 6.20. The molecule has 0 amide bonds. The average molecular weight is 216 g/mol. The summed E-state index contributed by atoms with van der Waals surface area (Å²) in [6.45, 7) is 0. The summed E-state index contributed by atoms with van der Waals surface area (Å²) in [5, 5.41) is 0. The van der Waals surface area contributed by atoms with Crippen molar-refractivity contribution >= 4 is 5.69 Å². The highest BCUT2D eigenvalue weighted by atomic mass is 15.1. The second kappa shape index (κ2) is 3.24. The van der Waals surface area contributed by atoms with Crippen molar-refractivity contribution in [1.82, 2.24) is 0 Å². The maximum atomic E-state index is 6.21. The van der Waals surface area contributed by atoms with Crippen LogP contribution in [0.2, 0.25) is 0 Å². The van der Waals surface area contributed by atoms with Gasteiger partial charge in [-0.1, -0.05) is 6.07 Å². The van der Waals surface area contributed by atoms with Crippen LogP contribution >= 0.6 is 0 Å². The summed E-state index contributed by atoms with van der Waals surface area (Å²) < 4.78 is 0. The van der Waals surface area contributed by atoms with Crippen LogP contribution in [0.15, 0.2) is 18.2 Å². The van der Waals surface area contributed by atoms with Gasteiger partial charge in [0.05, 0.1) is 0 Å². The van der Waals surface area contributed by atoms with E-state index in [1.807, 2.05) is 0 Å². The van der Waals surface area contributed by atoms with Crippen LogP contribution in [0.5, 0.6) is 0 Å². The van der Waals surface area contributed by atoms with Crippen molar-refractivity contribution in [3.8, 4) is 0 Å². The lowest BCUT2D eigenvalue weighted by Gasteiger charge is -2.31. The first-order chi connectivity index (χ1) is 7.62. The maximum absolute atomic E-state index is 6.21. The Morgan fingerprint density at radius 1 is 1.25 bits per heavy atom. The van der Waals surface area contributed by atoms with E-state index in [2.05, 4.69) is 37.2 Å². The molecular weight excluding hydrogens is 196 g/mol. The number of benzene rings is 1. The predicted molar refractivity (Wildman–Crippen MR) is 67.8 cm³/mol. The molecule has 1 unspecified atom stereocenters. The van der Waals surface area contributed by atoms with Crippen LogP contribution in [0, 0.1) is 0 Å². The molecule has 0 aliphatic heterocycles. The van der Waals surface area contributed by atoms with E-state index >= 15 is 0 Å². The topological polar surface area (TPSA) is 29.3 Å². The van der Waals surface area contributed by atoms with Gasteiger partial charge in [-0.3, -0.25) is 0 Å². The molecule has 1 aromatic rings. The molecule has 0 bridgehead atoms. The van der Waals surface area contributed by atoms with Crippen molar-refractivity contribution in [2.75, 3.05) is 19.0 Å². The molecular formula is C14H20N2. The van der Waals surface area contributed by atoms with E-state index in [9.17, 15) is 0 Å². The molecule has 2 N–H and O–H groups in total. The minimum atomic E-state index is 0.262. The van der Waals surface area contributed by atoms with Gasteiger partial charge < -0.3 is 10.6 Å². The van der Waals surface area contributed by atoms with Crippen LogP contribution in [0.4, 0.5) is 5.69 Å². The van der Waals surface area contributed by atoms with Gasteiger partial charge in [0, 0.05) is 25.8 Å². The third-order valence-electron chi connectivity index (χ3n) is 4.31. The predicted octanol–water partition coefficient (Wildman–Crippen LogP) is 2.58. The van der Waals surface area contributed by atoms with Crippen LogP contribution in [-0.4, -0.2) is 14.1 Å². The van der Waals surface area contributed by atoms with Gasteiger partial charge in [-0.15, -0.1) is 0 Å². The molecule has 2 aliphatic carbocycles. The first kappa shape index (κ1) is 10.2. The van der Waals surface area contributed by atoms with E-state index in [1.54, 1.807) is 0 Å². The zero-order chi connectivity index (χ0) is 11.3. The van der Waals surface area contributed by atoms with E-state index in [0.717, 1.165) is 6.42 Å². The average Bonchev–Trinajstić information content (AvgIpc) is 3.05. The monoisotopic (exact) mass is 216 g/mol. The number of nitrogens with two attached hydrogens (primary N) is 1. The van der Waals surface area contributed by atoms with E-state index < -0.39 is 0 Å². The summed E-state index contributed by atoms with van der Waals surface area (Å²) in [7, 11) is 4.20. The zero-order valence-electron chi connectivity index (χ0n) is 10.2. The summed E-state index contributed by atoms with van der Waals surface area (Å²) in [4.78, 5) is 2.18. The molecule has 86 valence electrons. The lowest BCUT2D eigenvalue weighted by Crippen LogP contribution is -2.25. The van der Waals surface area contributed by atoms with Crippen LogP contribution in [0.3, 0.4) is 0 Å². The number of anilines is 1. The molecule has 1 saturated carbocycles. The molecule has 0 aromatic heterocycles. The van der Waals surface area contributed by atoms with Crippen molar-refractivity contribution in [3.63, 3.8) is 0 Å². The fourth-order valence-electron chi connectivity index (χ4n) is 3.00. The molecule has 1 atom stereocenters. The summed E-state index contributed by atoms with van der Waals surface area (Å²) >= 11 is 0. The number of hydrogen-bond acceptors (Lipinski definition) is 2. The smallest absolute Gasteiger partial charge is 0.0364 e. The van der Waals surface area contributed by atoms with E-state index in [-0.39, 0.29) is 6.04 Å². The van der Waals surface area contributed by atoms with Gasteiger partial charge in [-0.25, -0.2) is 0 Å². The maximum Gasteiger partial charge on any atom is 0.0364 e. The van der Waals surface area contributed by atoms with Gasteiger partial charge in [0.25, 0.3) is 0 Å². The molecule has 3 rings (SSSR count). The van der Waals surface area contributed by atoms with Crippen LogP contribution in [-0.2, 0) is 5.41 Å². The molecule has 0 saturated heterocycles. The minimum absolute atomic E-state index is 0.262. The van der Waals surface area contributed by atoms with Crippen molar-refractivity contribution in [2.24, 2.45) is 5.73 Å². The second-order valence-electron chi connectivity index (χ2n) is 5.59. The third kappa shape index (κ3) is 1.36. The largest absolute Gasteiger partial charge is 0.378 e. The van der Waals surface area contributed by atoms with Crippen molar-refractivity contribution in [3.05, 3.63) is 29.3 Å². The Kier molecular flexibility index (Phi) is 2.05. The molecule has 2 heteroatoms. The van der Waals surface area contributed by atoms with Crippen molar-refractivity contribution < 1.29 is 0 Å². The molecule has 1 fully saturated rings. The Hall–Kier alpha value is -1.02. The van der Waals surface area contributed by atoms with Crippen LogP contribution < -0.4 is 10.6 Å². The van der Waals surface area contributed by atoms with Crippen LogP contribution in [0.1, 0.15) is 42.9 Å². The molecule has 1 spiro atoms. The summed E-state index contributed by atoms with van der Waals surface area (Å²) in [6.07, 6.45) is 5.18. The summed E-state index contributed by atoms with van der Waals surface area (Å²) in [6, 6.07) is 7.06. The van der Waals surface area contributed by atoms with Gasteiger partial charge in [0.15, 0.2) is 0 Å². The Balaban J connectivity index is 2.11. The Labute approximate surface area is 97.4 Å². The van der Waals surface area contributed by atoms with E-state index in [4.69, 9.17) is 5.73 Å². The molecule has 2 nitrogen and oxygen atoms in total. The van der Waals surface area contributed by atoms with Gasteiger partial charge in [-0.05, 0) is 54.4 Å². The fourth-order valence-corrected chi connectivity index (χ4v) is 3.00. The number of hydrogen-bond donors (Lipinski definition) is 1. The molecule has 0 heterocycles. The van der Waals surface area contributed by atoms with Gasteiger partial charge in [-0.2, -0.15) is 0 Å². The number of fused-ring (bicyclic) bond motifs is 2. The summed E-state index contributed by atoms with van der Waals surface area (Å²) in [5.41, 5.74) is 11.0. The Bertz CT molecular complexity index is 419. The van der Waals surface area contributed by atoms with Gasteiger partial charge >= 0.3 is 0 Å². The highest BCUT2D eigenvalue weighted by Crippen LogP contribution is 2.57. The lowest BCUT2D eigenvalue weighted by molar-refractivity contribution is 0.479. The lowest BCUT2D eigenvalue weighted by atomic mass is 9.77. The zero-order valence-corrected chi connectivity index (χ0v) is 10.2. The molecule has 16 heavy (non-hydrogen) atoms. The van der Waals surface area contributed by atoms with E-state index in [1.165, 1.54) is 36.1 Å². The molecule has 0 radical (unpaired) electrons. The number of nitrogens with zero attached hydrogens (tertiary/aromatic N) is 1. The van der Waals surface area contributed by atoms with Crippen LogP contribution in [0.25, 0.3) is 0 Å². The van der Waals surface area contributed by atoms with E-state index in [0.29, 0.717) is 5.41 Å². The highest BCUT2D eigenvalue weighted by Gasteiger charge is 2.48. The Morgan fingerprint density at radius 2 is 2.00 bits per heavy atom. The normalized spacial score (nSPS) is 25.3. The fraction of sp³-hybridized carbons (Fsp3) is 0.571. The Morgan fingerprint density at radius 3 is 2.62 bits per heavy atom. The quantitative estimate of drug-likeness (QED) is 0.781.